The van der Waals surface area contributed by atoms with Crippen LogP contribution in [0, 0.1) is 0 Å². The third kappa shape index (κ3) is 7.59. The standard InChI is InChI=1S/C36H42O4/c1-4-16-31(27-19-10-7-11-20-27)38-34-26-25-30(37)35(39-32(17-5-2)28-21-12-8-13-22-28)36(34)40-33(18-6-3)29-23-14-9-15-24-29/h7-15,19-26,31-33,37H,4-6,16-18H2,1-3H3. The van der Waals surface area contributed by atoms with Crippen LogP contribution in [0.15, 0.2) is 103 Å². The largest absolute Gasteiger partial charge is 0.504 e. The second-order valence-electron chi connectivity index (χ2n) is 10.2. The maximum atomic E-state index is 11.2. The van der Waals surface area contributed by atoms with Crippen LogP contribution in [0.5, 0.6) is 23.0 Å². The van der Waals surface area contributed by atoms with Gasteiger partial charge in [-0.25, -0.2) is 0 Å². The van der Waals surface area contributed by atoms with Gasteiger partial charge in [-0.05, 0) is 48.1 Å². The Morgan fingerprint density at radius 1 is 0.475 bits per heavy atom. The summed E-state index contributed by atoms with van der Waals surface area (Å²) in [6.45, 7) is 6.44. The summed E-state index contributed by atoms with van der Waals surface area (Å²) >= 11 is 0. The third-order valence-corrected chi connectivity index (χ3v) is 7.01. The number of phenolic OH excluding ortho intramolecular Hbond substituents is 1. The van der Waals surface area contributed by atoms with Gasteiger partial charge in [-0.1, -0.05) is 131 Å². The fraction of sp³-hybridized carbons (Fsp3) is 0.333. The van der Waals surface area contributed by atoms with Crippen molar-refractivity contribution in [3.63, 3.8) is 0 Å². The van der Waals surface area contributed by atoms with Crippen molar-refractivity contribution in [2.75, 3.05) is 0 Å². The number of hydrogen-bond acceptors (Lipinski definition) is 4. The van der Waals surface area contributed by atoms with Crippen LogP contribution in [0.1, 0.15) is 94.3 Å². The molecule has 0 amide bonds. The Morgan fingerprint density at radius 3 is 1.25 bits per heavy atom. The number of aromatic hydroxyl groups is 1. The molecule has 1 N–H and O–H groups in total. The Labute approximate surface area is 239 Å². The number of ether oxygens (including phenoxy) is 3. The molecule has 0 aliphatic carbocycles. The van der Waals surface area contributed by atoms with Crippen LogP contribution in [-0.4, -0.2) is 5.11 Å². The molecule has 4 aromatic rings. The summed E-state index contributed by atoms with van der Waals surface area (Å²) in [5.41, 5.74) is 3.24. The zero-order valence-electron chi connectivity index (χ0n) is 24.0. The molecule has 0 bridgehead atoms. The van der Waals surface area contributed by atoms with E-state index in [0.717, 1.165) is 55.2 Å². The molecule has 4 rings (SSSR count). The average molecular weight is 539 g/mol. The van der Waals surface area contributed by atoms with E-state index in [1.165, 1.54) is 0 Å². The van der Waals surface area contributed by atoms with Crippen molar-refractivity contribution < 1.29 is 19.3 Å². The van der Waals surface area contributed by atoms with Gasteiger partial charge in [0.2, 0.25) is 11.5 Å². The van der Waals surface area contributed by atoms with Gasteiger partial charge in [0.1, 0.15) is 18.3 Å². The lowest BCUT2D eigenvalue weighted by molar-refractivity contribution is 0.132. The summed E-state index contributed by atoms with van der Waals surface area (Å²) in [7, 11) is 0. The quantitative estimate of drug-likeness (QED) is 0.164. The first-order valence-electron chi connectivity index (χ1n) is 14.6. The van der Waals surface area contributed by atoms with E-state index in [4.69, 9.17) is 14.2 Å². The van der Waals surface area contributed by atoms with Gasteiger partial charge in [-0.3, -0.25) is 0 Å². The van der Waals surface area contributed by atoms with Gasteiger partial charge in [0.05, 0.1) is 0 Å². The molecule has 0 aliphatic heterocycles. The fourth-order valence-corrected chi connectivity index (χ4v) is 4.96. The van der Waals surface area contributed by atoms with Gasteiger partial charge in [0, 0.05) is 0 Å². The smallest absolute Gasteiger partial charge is 0.208 e. The van der Waals surface area contributed by atoms with Crippen LogP contribution in [0.2, 0.25) is 0 Å². The zero-order valence-corrected chi connectivity index (χ0v) is 24.0. The van der Waals surface area contributed by atoms with Crippen LogP contribution in [0.3, 0.4) is 0 Å². The Morgan fingerprint density at radius 2 is 0.850 bits per heavy atom. The maximum Gasteiger partial charge on any atom is 0.208 e. The molecule has 4 aromatic carbocycles. The fourth-order valence-electron chi connectivity index (χ4n) is 4.96. The highest BCUT2D eigenvalue weighted by molar-refractivity contribution is 5.59. The van der Waals surface area contributed by atoms with Crippen molar-refractivity contribution in [3.8, 4) is 23.0 Å². The summed E-state index contributed by atoms with van der Waals surface area (Å²) in [5, 5.41) is 11.2. The van der Waals surface area contributed by atoms with Crippen molar-refractivity contribution in [2.24, 2.45) is 0 Å². The second-order valence-corrected chi connectivity index (χ2v) is 10.2. The zero-order chi connectivity index (χ0) is 28.2. The molecule has 0 saturated carbocycles. The maximum absolute atomic E-state index is 11.2. The van der Waals surface area contributed by atoms with Crippen LogP contribution in [-0.2, 0) is 0 Å². The van der Waals surface area contributed by atoms with Gasteiger partial charge in [-0.2, -0.15) is 0 Å². The molecular formula is C36H42O4. The second kappa shape index (κ2) is 15.0. The van der Waals surface area contributed by atoms with E-state index in [0.29, 0.717) is 17.2 Å². The van der Waals surface area contributed by atoms with Gasteiger partial charge < -0.3 is 19.3 Å². The molecule has 0 aliphatic rings. The van der Waals surface area contributed by atoms with Crippen LogP contribution >= 0.6 is 0 Å². The van der Waals surface area contributed by atoms with E-state index >= 15 is 0 Å². The molecule has 0 aromatic heterocycles. The first-order valence-corrected chi connectivity index (χ1v) is 14.6. The van der Waals surface area contributed by atoms with E-state index in [9.17, 15) is 5.11 Å². The Kier molecular flexibility index (Phi) is 10.9. The molecule has 0 saturated heterocycles. The number of benzene rings is 4. The number of rotatable bonds is 15. The molecule has 0 fully saturated rings. The van der Waals surface area contributed by atoms with E-state index in [-0.39, 0.29) is 24.1 Å². The summed E-state index contributed by atoms with van der Waals surface area (Å²) in [4.78, 5) is 0. The summed E-state index contributed by atoms with van der Waals surface area (Å²) in [6, 6.07) is 34.1. The minimum absolute atomic E-state index is 0.0365. The van der Waals surface area contributed by atoms with Gasteiger partial charge >= 0.3 is 0 Å². The van der Waals surface area contributed by atoms with E-state index in [1.807, 2.05) is 54.6 Å². The first-order chi connectivity index (χ1) is 19.6. The van der Waals surface area contributed by atoms with Crippen molar-refractivity contribution in [1.29, 1.82) is 0 Å². The Bertz CT molecular complexity index is 1270. The minimum atomic E-state index is -0.239. The molecule has 4 heteroatoms. The molecule has 210 valence electrons. The van der Waals surface area contributed by atoms with Gasteiger partial charge in [-0.15, -0.1) is 0 Å². The molecule has 0 spiro atoms. The van der Waals surface area contributed by atoms with Crippen LogP contribution < -0.4 is 14.2 Å². The summed E-state index contributed by atoms with van der Waals surface area (Å²) in [6.07, 6.45) is 4.68. The van der Waals surface area contributed by atoms with Crippen LogP contribution in [0.4, 0.5) is 0 Å². The minimum Gasteiger partial charge on any atom is -0.504 e. The monoisotopic (exact) mass is 538 g/mol. The highest BCUT2D eigenvalue weighted by Gasteiger charge is 2.27. The molecular weight excluding hydrogens is 496 g/mol. The van der Waals surface area contributed by atoms with Crippen molar-refractivity contribution >= 4 is 0 Å². The molecule has 0 radical (unpaired) electrons. The predicted molar refractivity (Wildman–Crippen MR) is 162 cm³/mol. The van der Waals surface area contributed by atoms with E-state index in [1.54, 1.807) is 12.1 Å². The lowest BCUT2D eigenvalue weighted by Crippen LogP contribution is -2.14. The lowest BCUT2D eigenvalue weighted by atomic mass is 10.0. The average Bonchev–Trinajstić information content (AvgIpc) is 3.00. The topological polar surface area (TPSA) is 47.9 Å². The van der Waals surface area contributed by atoms with Gasteiger partial charge in [0.25, 0.3) is 0 Å². The van der Waals surface area contributed by atoms with Crippen molar-refractivity contribution in [2.45, 2.75) is 77.6 Å². The predicted octanol–water partition coefficient (Wildman–Crippen LogP) is 10.2. The number of phenols is 1. The van der Waals surface area contributed by atoms with Crippen molar-refractivity contribution in [3.05, 3.63) is 120 Å². The number of hydrogen-bond donors (Lipinski definition) is 1. The molecule has 3 unspecified atom stereocenters. The highest BCUT2D eigenvalue weighted by atomic mass is 16.6. The van der Waals surface area contributed by atoms with Crippen LogP contribution in [0.25, 0.3) is 0 Å². The highest BCUT2D eigenvalue weighted by Crippen LogP contribution is 2.49. The molecule has 4 nitrogen and oxygen atoms in total. The van der Waals surface area contributed by atoms with Gasteiger partial charge in [0.15, 0.2) is 11.5 Å². The van der Waals surface area contributed by atoms with Crippen molar-refractivity contribution in [1.82, 2.24) is 0 Å². The summed E-state index contributed by atoms with van der Waals surface area (Å²) < 4.78 is 20.2. The van der Waals surface area contributed by atoms with E-state index < -0.39 is 0 Å². The Hall–Kier alpha value is -3.92. The normalized spacial score (nSPS) is 13.3. The molecule has 0 heterocycles. The molecule has 40 heavy (non-hydrogen) atoms. The lowest BCUT2D eigenvalue weighted by Gasteiger charge is -2.28. The SMILES string of the molecule is CCCC(Oc1ccc(O)c(OC(CCC)c2ccccc2)c1OC(CCC)c1ccccc1)c1ccccc1. The Balaban J connectivity index is 1.80. The third-order valence-electron chi connectivity index (χ3n) is 7.01. The molecule has 3 atom stereocenters. The van der Waals surface area contributed by atoms with E-state index in [2.05, 4.69) is 57.2 Å². The first kappa shape index (κ1) is 29.1. The summed E-state index contributed by atoms with van der Waals surface area (Å²) in [5.74, 6) is 1.36.